The lowest BCUT2D eigenvalue weighted by molar-refractivity contribution is 0.135. The molecule has 0 radical (unpaired) electrons. The molecule has 2 aromatic rings. The summed E-state index contributed by atoms with van der Waals surface area (Å²) in [6.45, 7) is 3.02. The molecule has 5 nitrogen and oxygen atoms in total. The fourth-order valence-electron chi connectivity index (χ4n) is 2.51. The number of nitrogens with one attached hydrogen (secondary N) is 2. The summed E-state index contributed by atoms with van der Waals surface area (Å²) in [5.74, 6) is 1.65. The molecule has 6 heteroatoms. The molecule has 0 bridgehead atoms. The lowest BCUT2D eigenvalue weighted by Crippen LogP contribution is -2.37. The second kappa shape index (κ2) is 14.3. The Morgan fingerprint density at radius 2 is 1.74 bits per heavy atom. The Morgan fingerprint density at radius 3 is 2.48 bits per heavy atom. The highest BCUT2D eigenvalue weighted by Gasteiger charge is 2.00. The maximum absolute atomic E-state index is 5.69. The number of hydrogen-bond donors (Lipinski definition) is 2. The molecule has 2 N–H and O–H groups in total. The van der Waals surface area contributed by atoms with E-state index in [1.807, 2.05) is 24.3 Å². The van der Waals surface area contributed by atoms with Gasteiger partial charge < -0.3 is 20.1 Å². The van der Waals surface area contributed by atoms with E-state index in [1.54, 1.807) is 14.2 Å². The second-order valence-corrected chi connectivity index (χ2v) is 5.91. The van der Waals surface area contributed by atoms with E-state index >= 15 is 0 Å². The molecule has 0 amide bonds. The molecule has 0 spiro atoms. The summed E-state index contributed by atoms with van der Waals surface area (Å²) >= 11 is 0. The quantitative estimate of drug-likeness (QED) is 0.235. The lowest BCUT2D eigenvalue weighted by Gasteiger charge is -2.12. The van der Waals surface area contributed by atoms with Crippen LogP contribution in [0, 0.1) is 0 Å². The highest BCUT2D eigenvalue weighted by Crippen LogP contribution is 2.11. The van der Waals surface area contributed by atoms with E-state index in [4.69, 9.17) is 9.47 Å². The molecule has 0 heterocycles. The number of guanidine groups is 1. The first-order valence-electron chi connectivity index (χ1n) is 9.01. The summed E-state index contributed by atoms with van der Waals surface area (Å²) in [7, 11) is 3.45. The summed E-state index contributed by atoms with van der Waals surface area (Å²) in [4.78, 5) is 4.24. The second-order valence-electron chi connectivity index (χ2n) is 5.91. The van der Waals surface area contributed by atoms with Crippen LogP contribution < -0.4 is 15.4 Å². The summed E-state index contributed by atoms with van der Waals surface area (Å²) in [6.07, 6.45) is 1.90. The highest BCUT2D eigenvalue weighted by atomic mass is 127. The van der Waals surface area contributed by atoms with Crippen LogP contribution in [0.3, 0.4) is 0 Å². The molecule has 2 aromatic carbocycles. The zero-order valence-corrected chi connectivity index (χ0v) is 18.4. The minimum absolute atomic E-state index is 0. The molecule has 0 saturated carbocycles. The number of rotatable bonds is 10. The molecule has 0 unspecified atom stereocenters. The molecule has 0 aliphatic heterocycles. The predicted octanol–water partition coefficient (Wildman–Crippen LogP) is 3.63. The Labute approximate surface area is 179 Å². The Balaban J connectivity index is 0.00000364. The molecule has 0 aromatic heterocycles. The average molecular weight is 483 g/mol. The molecular formula is C21H30IN3O2. The van der Waals surface area contributed by atoms with Crippen molar-refractivity contribution in [3.05, 3.63) is 65.7 Å². The van der Waals surface area contributed by atoms with Crippen molar-refractivity contribution in [2.24, 2.45) is 4.99 Å². The van der Waals surface area contributed by atoms with Gasteiger partial charge in [-0.1, -0.05) is 42.5 Å². The van der Waals surface area contributed by atoms with Crippen molar-refractivity contribution in [2.75, 3.05) is 33.9 Å². The zero-order chi connectivity index (χ0) is 18.5. The van der Waals surface area contributed by atoms with Gasteiger partial charge in [-0.25, -0.2) is 0 Å². The predicted molar refractivity (Wildman–Crippen MR) is 122 cm³/mol. The van der Waals surface area contributed by atoms with Crippen molar-refractivity contribution < 1.29 is 9.47 Å². The van der Waals surface area contributed by atoms with Gasteiger partial charge in [0.05, 0.1) is 13.7 Å². The Kier molecular flexibility index (Phi) is 12.3. The van der Waals surface area contributed by atoms with E-state index in [2.05, 4.69) is 46.0 Å². The summed E-state index contributed by atoms with van der Waals surface area (Å²) < 4.78 is 10.9. The van der Waals surface area contributed by atoms with E-state index in [0.29, 0.717) is 6.54 Å². The van der Waals surface area contributed by atoms with Gasteiger partial charge >= 0.3 is 0 Å². The maximum Gasteiger partial charge on any atom is 0.191 e. The van der Waals surface area contributed by atoms with Crippen molar-refractivity contribution in [1.82, 2.24) is 10.6 Å². The third-order valence-electron chi connectivity index (χ3n) is 3.95. The van der Waals surface area contributed by atoms with Crippen LogP contribution in [0.15, 0.2) is 59.6 Å². The first kappa shape index (κ1) is 23.2. The third kappa shape index (κ3) is 9.63. The van der Waals surface area contributed by atoms with Gasteiger partial charge in [-0.2, -0.15) is 0 Å². The van der Waals surface area contributed by atoms with Crippen LogP contribution in [0.5, 0.6) is 5.75 Å². The minimum atomic E-state index is 0. The van der Waals surface area contributed by atoms with Gasteiger partial charge in [-0.3, -0.25) is 4.99 Å². The van der Waals surface area contributed by atoms with Crippen molar-refractivity contribution in [3.8, 4) is 5.75 Å². The molecule has 2 rings (SSSR count). The highest BCUT2D eigenvalue weighted by molar-refractivity contribution is 14.0. The summed E-state index contributed by atoms with van der Waals surface area (Å²) in [5, 5.41) is 6.61. The van der Waals surface area contributed by atoms with E-state index in [0.717, 1.165) is 49.9 Å². The van der Waals surface area contributed by atoms with Gasteiger partial charge in [0.1, 0.15) is 5.75 Å². The molecule has 0 aliphatic carbocycles. The topological polar surface area (TPSA) is 54.9 Å². The molecule has 0 aliphatic rings. The Bertz CT molecular complexity index is 665. The van der Waals surface area contributed by atoms with Crippen LogP contribution in [-0.4, -0.2) is 39.9 Å². The Morgan fingerprint density at radius 1 is 0.963 bits per heavy atom. The largest absolute Gasteiger partial charge is 0.497 e. The average Bonchev–Trinajstić information content (AvgIpc) is 2.70. The summed E-state index contributed by atoms with van der Waals surface area (Å²) in [6, 6.07) is 18.4. The minimum Gasteiger partial charge on any atom is -0.497 e. The fraction of sp³-hybridized carbons (Fsp3) is 0.381. The monoisotopic (exact) mass is 483 g/mol. The molecule has 0 saturated heterocycles. The van der Waals surface area contributed by atoms with Crippen molar-refractivity contribution in [3.63, 3.8) is 0 Å². The Hall–Kier alpha value is -1.80. The van der Waals surface area contributed by atoms with Crippen LogP contribution in [-0.2, 0) is 17.7 Å². The van der Waals surface area contributed by atoms with Crippen LogP contribution in [0.1, 0.15) is 17.5 Å². The van der Waals surface area contributed by atoms with Crippen LogP contribution in [0.2, 0.25) is 0 Å². The molecule has 27 heavy (non-hydrogen) atoms. The number of methoxy groups -OCH3 is 1. The van der Waals surface area contributed by atoms with Crippen molar-refractivity contribution in [1.29, 1.82) is 0 Å². The fourth-order valence-corrected chi connectivity index (χ4v) is 2.51. The van der Waals surface area contributed by atoms with Crippen LogP contribution in [0.4, 0.5) is 0 Å². The first-order valence-corrected chi connectivity index (χ1v) is 9.01. The molecule has 148 valence electrons. The molecular weight excluding hydrogens is 453 g/mol. The molecule has 0 atom stereocenters. The standard InChI is InChI=1S/C21H29N3O2.HI/c1-22-21(24-17-19-10-6-11-20(16-19)25-2)23-13-7-14-26-15-12-18-8-4-3-5-9-18;/h3-6,8-11,16H,7,12-15,17H2,1-2H3,(H2,22,23,24);1H. The van der Waals surface area contributed by atoms with Gasteiger partial charge in [-0.15, -0.1) is 24.0 Å². The van der Waals surface area contributed by atoms with Gasteiger partial charge in [0.15, 0.2) is 5.96 Å². The van der Waals surface area contributed by atoms with E-state index in [1.165, 1.54) is 5.56 Å². The smallest absolute Gasteiger partial charge is 0.191 e. The molecule has 0 fully saturated rings. The van der Waals surface area contributed by atoms with Gasteiger partial charge in [-0.05, 0) is 36.1 Å². The number of ether oxygens (including phenoxy) is 2. The van der Waals surface area contributed by atoms with E-state index in [-0.39, 0.29) is 24.0 Å². The lowest BCUT2D eigenvalue weighted by atomic mass is 10.2. The summed E-state index contributed by atoms with van der Waals surface area (Å²) in [5.41, 5.74) is 2.46. The van der Waals surface area contributed by atoms with Crippen LogP contribution in [0.25, 0.3) is 0 Å². The first-order chi connectivity index (χ1) is 12.8. The third-order valence-corrected chi connectivity index (χ3v) is 3.95. The maximum atomic E-state index is 5.69. The van der Waals surface area contributed by atoms with Gasteiger partial charge in [0, 0.05) is 26.7 Å². The van der Waals surface area contributed by atoms with E-state index < -0.39 is 0 Å². The zero-order valence-electron chi connectivity index (χ0n) is 16.1. The number of hydrogen-bond acceptors (Lipinski definition) is 3. The van der Waals surface area contributed by atoms with Crippen molar-refractivity contribution >= 4 is 29.9 Å². The number of halogens is 1. The van der Waals surface area contributed by atoms with Gasteiger partial charge in [0.2, 0.25) is 0 Å². The van der Waals surface area contributed by atoms with E-state index in [9.17, 15) is 0 Å². The number of benzene rings is 2. The number of aliphatic imine (C=N–C) groups is 1. The van der Waals surface area contributed by atoms with Gasteiger partial charge in [0.25, 0.3) is 0 Å². The number of nitrogens with zero attached hydrogens (tertiary/aromatic N) is 1. The SMILES string of the molecule is CN=C(NCCCOCCc1ccccc1)NCc1cccc(OC)c1.I. The van der Waals surface area contributed by atoms with Crippen LogP contribution >= 0.6 is 24.0 Å². The normalized spacial score (nSPS) is 10.8. The van der Waals surface area contributed by atoms with Crippen molar-refractivity contribution in [2.45, 2.75) is 19.4 Å².